The number of pyridine rings is 1. The summed E-state index contributed by atoms with van der Waals surface area (Å²) in [7, 11) is 0. The van der Waals surface area contributed by atoms with Crippen molar-refractivity contribution in [2.45, 2.75) is 52.1 Å². The third kappa shape index (κ3) is 3.66. The Morgan fingerprint density at radius 2 is 1.62 bits per heavy atom. The molecule has 4 aromatic rings. The molecule has 1 heterocycles. The van der Waals surface area contributed by atoms with Crippen molar-refractivity contribution in [2.24, 2.45) is 0 Å². The van der Waals surface area contributed by atoms with Crippen molar-refractivity contribution in [1.29, 1.82) is 0 Å². The van der Waals surface area contributed by atoms with Crippen molar-refractivity contribution in [3.63, 3.8) is 0 Å². The van der Waals surface area contributed by atoms with E-state index in [0.29, 0.717) is 11.4 Å². The number of halogens is 1. The molecule has 0 saturated carbocycles. The highest BCUT2D eigenvalue weighted by Gasteiger charge is 2.46. The minimum Gasteiger partial charge on any atom is -0.381 e. The molecule has 1 atom stereocenters. The van der Waals surface area contributed by atoms with Gasteiger partial charge in [-0.05, 0) is 60.7 Å². The third-order valence-corrected chi connectivity index (χ3v) is 7.15. The normalized spacial score (nSPS) is 17.4. The summed E-state index contributed by atoms with van der Waals surface area (Å²) in [6.45, 7) is 6.44. The van der Waals surface area contributed by atoms with Crippen LogP contribution in [0, 0.1) is 6.92 Å². The van der Waals surface area contributed by atoms with Crippen LogP contribution >= 0.6 is 11.6 Å². The Balaban J connectivity index is 1.97. The predicted octanol–water partition coefficient (Wildman–Crippen LogP) is 8.47. The topological polar surface area (TPSA) is 33.1 Å². The summed E-state index contributed by atoms with van der Waals surface area (Å²) in [5.74, 6) is 0. The Morgan fingerprint density at radius 3 is 2.29 bits per heavy atom. The van der Waals surface area contributed by atoms with Crippen LogP contribution in [-0.2, 0) is 5.60 Å². The fourth-order valence-corrected chi connectivity index (χ4v) is 5.63. The lowest BCUT2D eigenvalue weighted by Crippen LogP contribution is -2.27. The van der Waals surface area contributed by atoms with Crippen LogP contribution < -0.4 is 0 Å². The number of aliphatic hydroxyl groups is 1. The zero-order chi connectivity index (χ0) is 23.9. The SMILES string of the molecule is CCCC1=C(c2ccc(Cl)cc2)c2c(c(-c3ccccc3)nc3ccc(C)cc23)C1(O)CCC. The quantitative estimate of drug-likeness (QED) is 0.308. The van der Waals surface area contributed by atoms with E-state index in [-0.39, 0.29) is 0 Å². The number of aryl methyl sites for hydroxylation is 1. The molecular weight excluding hydrogens is 438 g/mol. The fourth-order valence-electron chi connectivity index (χ4n) is 5.51. The van der Waals surface area contributed by atoms with Gasteiger partial charge < -0.3 is 5.11 Å². The zero-order valence-corrected chi connectivity index (χ0v) is 20.8. The molecule has 1 aromatic heterocycles. The number of hydrogen-bond donors (Lipinski definition) is 1. The molecule has 1 N–H and O–H groups in total. The lowest BCUT2D eigenvalue weighted by atomic mass is 9.81. The van der Waals surface area contributed by atoms with Crippen molar-refractivity contribution in [3.8, 4) is 11.3 Å². The molecule has 1 unspecified atom stereocenters. The Morgan fingerprint density at radius 1 is 0.882 bits per heavy atom. The van der Waals surface area contributed by atoms with Gasteiger partial charge in [0.05, 0.1) is 11.2 Å². The van der Waals surface area contributed by atoms with E-state index in [4.69, 9.17) is 16.6 Å². The molecule has 1 aliphatic carbocycles. The number of rotatable bonds is 6. The Bertz CT molecular complexity index is 1390. The lowest BCUT2D eigenvalue weighted by Gasteiger charge is -2.30. The first-order chi connectivity index (χ1) is 16.5. The van der Waals surface area contributed by atoms with E-state index < -0.39 is 5.60 Å². The van der Waals surface area contributed by atoms with Gasteiger partial charge in [0.15, 0.2) is 0 Å². The van der Waals surface area contributed by atoms with Gasteiger partial charge >= 0.3 is 0 Å². The first-order valence-corrected chi connectivity index (χ1v) is 12.6. The van der Waals surface area contributed by atoms with Gasteiger partial charge in [-0.25, -0.2) is 4.98 Å². The minimum atomic E-state index is -1.06. The maximum atomic E-state index is 12.6. The van der Waals surface area contributed by atoms with E-state index in [9.17, 15) is 5.11 Å². The molecule has 3 aromatic carbocycles. The standard InChI is InChI=1S/C31H30ClNO/c1-4-9-25-27(21-13-15-23(32)16-14-21)28-24-19-20(3)12-17-26(24)33-30(22-10-7-6-8-11-22)29(28)31(25,34)18-5-2/h6-8,10-17,19,34H,4-5,9,18H2,1-3H3. The monoisotopic (exact) mass is 467 g/mol. The van der Waals surface area contributed by atoms with Crippen molar-refractivity contribution in [2.75, 3.05) is 0 Å². The van der Waals surface area contributed by atoms with Crippen molar-refractivity contribution >= 4 is 28.1 Å². The predicted molar refractivity (Wildman–Crippen MR) is 143 cm³/mol. The van der Waals surface area contributed by atoms with Crippen LogP contribution in [0.25, 0.3) is 27.7 Å². The van der Waals surface area contributed by atoms with E-state index in [2.05, 4.69) is 63.2 Å². The molecule has 0 amide bonds. The molecule has 0 spiro atoms. The summed E-state index contributed by atoms with van der Waals surface area (Å²) in [6.07, 6.45) is 3.31. The third-order valence-electron chi connectivity index (χ3n) is 6.90. The van der Waals surface area contributed by atoms with Crippen molar-refractivity contribution in [3.05, 3.63) is 106 Å². The molecule has 0 saturated heterocycles. The average molecular weight is 468 g/mol. The second-order valence-electron chi connectivity index (χ2n) is 9.32. The number of aromatic nitrogens is 1. The van der Waals surface area contributed by atoms with Crippen LogP contribution in [0.1, 0.15) is 61.8 Å². The summed E-state index contributed by atoms with van der Waals surface area (Å²) in [5.41, 5.74) is 8.38. The van der Waals surface area contributed by atoms with Gasteiger partial charge in [0, 0.05) is 27.1 Å². The second-order valence-corrected chi connectivity index (χ2v) is 9.75. The zero-order valence-electron chi connectivity index (χ0n) is 20.0. The van der Waals surface area contributed by atoms with Gasteiger partial charge in [0.2, 0.25) is 0 Å². The number of hydrogen-bond acceptors (Lipinski definition) is 2. The molecule has 5 rings (SSSR count). The van der Waals surface area contributed by atoms with Gasteiger partial charge in [-0.3, -0.25) is 0 Å². The number of nitrogens with zero attached hydrogens (tertiary/aromatic N) is 1. The summed E-state index contributed by atoms with van der Waals surface area (Å²) in [5, 5.41) is 14.4. The molecule has 3 heteroatoms. The van der Waals surface area contributed by atoms with Crippen molar-refractivity contribution < 1.29 is 5.11 Å². The average Bonchev–Trinajstić information content (AvgIpc) is 3.09. The van der Waals surface area contributed by atoms with Crippen LogP contribution in [0.2, 0.25) is 5.02 Å². The van der Waals surface area contributed by atoms with Crippen LogP contribution in [0.3, 0.4) is 0 Å². The summed E-state index contributed by atoms with van der Waals surface area (Å²) in [4.78, 5) is 5.16. The van der Waals surface area contributed by atoms with E-state index >= 15 is 0 Å². The molecule has 1 aliphatic rings. The highest BCUT2D eigenvalue weighted by Crippen LogP contribution is 2.55. The van der Waals surface area contributed by atoms with Gasteiger partial charge in [-0.2, -0.15) is 0 Å². The van der Waals surface area contributed by atoms with E-state index in [0.717, 1.165) is 69.3 Å². The number of benzene rings is 3. The Kier molecular flexibility index (Phi) is 6.06. The van der Waals surface area contributed by atoms with Gasteiger partial charge in [0.25, 0.3) is 0 Å². The largest absolute Gasteiger partial charge is 0.381 e. The Labute approximate surface area is 206 Å². The van der Waals surface area contributed by atoms with Gasteiger partial charge in [-0.15, -0.1) is 0 Å². The van der Waals surface area contributed by atoms with Crippen LogP contribution in [-0.4, -0.2) is 10.1 Å². The van der Waals surface area contributed by atoms with Crippen LogP contribution in [0.15, 0.2) is 78.4 Å². The summed E-state index contributed by atoms with van der Waals surface area (Å²) < 4.78 is 0. The van der Waals surface area contributed by atoms with Crippen LogP contribution in [0.5, 0.6) is 0 Å². The lowest BCUT2D eigenvalue weighted by molar-refractivity contribution is 0.0663. The summed E-state index contributed by atoms with van der Waals surface area (Å²) in [6, 6.07) is 24.8. The molecule has 0 bridgehead atoms. The van der Waals surface area contributed by atoms with Crippen molar-refractivity contribution in [1.82, 2.24) is 4.98 Å². The smallest absolute Gasteiger partial charge is 0.114 e. The summed E-state index contributed by atoms with van der Waals surface area (Å²) >= 11 is 6.27. The maximum Gasteiger partial charge on any atom is 0.114 e. The molecule has 0 radical (unpaired) electrons. The number of fused-ring (bicyclic) bond motifs is 3. The van der Waals surface area contributed by atoms with Gasteiger partial charge in [0.1, 0.15) is 5.60 Å². The van der Waals surface area contributed by atoms with E-state index in [1.54, 1.807) is 0 Å². The molecule has 2 nitrogen and oxygen atoms in total. The first-order valence-electron chi connectivity index (χ1n) is 12.2. The first kappa shape index (κ1) is 22.8. The maximum absolute atomic E-state index is 12.6. The van der Waals surface area contributed by atoms with E-state index in [1.807, 2.05) is 30.3 Å². The highest BCUT2D eigenvalue weighted by atomic mass is 35.5. The molecule has 172 valence electrons. The molecule has 0 fully saturated rings. The molecule has 0 aliphatic heterocycles. The minimum absolute atomic E-state index is 0.658. The van der Waals surface area contributed by atoms with E-state index in [1.165, 1.54) is 5.56 Å². The fraction of sp³-hybridized carbons (Fsp3) is 0.258. The Hall–Kier alpha value is -2.94. The molecular formula is C31H30ClNO. The second kappa shape index (κ2) is 9.02. The van der Waals surface area contributed by atoms with Gasteiger partial charge in [-0.1, -0.05) is 92.4 Å². The highest BCUT2D eigenvalue weighted by molar-refractivity contribution is 6.30. The molecule has 34 heavy (non-hydrogen) atoms. The van der Waals surface area contributed by atoms with Crippen LogP contribution in [0.4, 0.5) is 0 Å².